The molecule has 1 heterocycles. The minimum absolute atomic E-state index is 0.00856. The number of hydrogen-bond acceptors (Lipinski definition) is 4. The van der Waals surface area contributed by atoms with Crippen LogP contribution >= 0.6 is 0 Å². The average Bonchev–Trinajstić information content (AvgIpc) is 3.51. The van der Waals surface area contributed by atoms with Crippen molar-refractivity contribution in [1.29, 1.82) is 0 Å². The van der Waals surface area contributed by atoms with Crippen LogP contribution in [0.15, 0.2) is 36.4 Å². The van der Waals surface area contributed by atoms with Gasteiger partial charge in [0.1, 0.15) is 0 Å². The maximum atomic E-state index is 12.5. The first-order chi connectivity index (χ1) is 13.4. The number of amides is 2. The summed E-state index contributed by atoms with van der Waals surface area (Å²) in [4.78, 5) is 37.2. The van der Waals surface area contributed by atoms with Gasteiger partial charge >= 0.3 is 0 Å². The van der Waals surface area contributed by atoms with Crippen LogP contribution in [0.2, 0.25) is 0 Å². The van der Waals surface area contributed by atoms with Crippen molar-refractivity contribution < 1.29 is 14.5 Å². The number of nitrogens with one attached hydrogen (secondary N) is 1. The molecule has 144 valence electrons. The van der Waals surface area contributed by atoms with Gasteiger partial charge in [-0.3, -0.25) is 19.7 Å². The van der Waals surface area contributed by atoms with Crippen molar-refractivity contribution in [2.75, 3.05) is 11.9 Å². The SMILES string of the molecule is Cc1cc(C(=O)Nc2ccc3c(c2)CN(C(=O)C2CC2)CC3)ccc1[N+](=O)[O-]. The lowest BCUT2D eigenvalue weighted by molar-refractivity contribution is -0.385. The zero-order valence-corrected chi connectivity index (χ0v) is 15.6. The normalized spacial score (nSPS) is 15.7. The molecule has 0 unspecified atom stereocenters. The number of aryl methyl sites for hydroxylation is 1. The van der Waals surface area contributed by atoms with E-state index in [2.05, 4.69) is 5.32 Å². The molecule has 1 aliphatic carbocycles. The lowest BCUT2D eigenvalue weighted by Gasteiger charge is -2.29. The third-order valence-electron chi connectivity index (χ3n) is 5.37. The summed E-state index contributed by atoms with van der Waals surface area (Å²) >= 11 is 0. The van der Waals surface area contributed by atoms with E-state index in [0.29, 0.717) is 23.4 Å². The largest absolute Gasteiger partial charge is 0.338 e. The topological polar surface area (TPSA) is 92.6 Å². The van der Waals surface area contributed by atoms with E-state index in [1.165, 1.54) is 23.8 Å². The predicted molar refractivity (Wildman–Crippen MR) is 104 cm³/mol. The second-order valence-electron chi connectivity index (χ2n) is 7.48. The first-order valence-corrected chi connectivity index (χ1v) is 9.39. The molecule has 1 aliphatic heterocycles. The van der Waals surface area contributed by atoms with E-state index in [9.17, 15) is 19.7 Å². The molecule has 28 heavy (non-hydrogen) atoms. The smallest absolute Gasteiger partial charge is 0.272 e. The fourth-order valence-electron chi connectivity index (χ4n) is 3.62. The summed E-state index contributed by atoms with van der Waals surface area (Å²) in [7, 11) is 0. The van der Waals surface area contributed by atoms with Crippen LogP contribution in [0.4, 0.5) is 11.4 Å². The molecule has 7 nitrogen and oxygen atoms in total. The molecule has 1 fully saturated rings. The number of rotatable bonds is 4. The Morgan fingerprint density at radius 3 is 2.61 bits per heavy atom. The van der Waals surface area contributed by atoms with Gasteiger partial charge < -0.3 is 10.2 Å². The van der Waals surface area contributed by atoms with E-state index in [1.54, 1.807) is 6.92 Å². The molecule has 2 aromatic rings. The Labute approximate surface area is 162 Å². The Morgan fingerprint density at radius 2 is 1.93 bits per heavy atom. The summed E-state index contributed by atoms with van der Waals surface area (Å²) in [5.41, 5.74) is 3.71. The van der Waals surface area contributed by atoms with Gasteiger partial charge in [-0.15, -0.1) is 0 Å². The fourth-order valence-corrected chi connectivity index (χ4v) is 3.62. The van der Waals surface area contributed by atoms with E-state index >= 15 is 0 Å². The van der Waals surface area contributed by atoms with Crippen LogP contribution in [-0.4, -0.2) is 28.2 Å². The molecule has 7 heteroatoms. The number of fused-ring (bicyclic) bond motifs is 1. The molecular formula is C21H21N3O4. The van der Waals surface area contributed by atoms with Crippen molar-refractivity contribution >= 4 is 23.2 Å². The number of nitrogens with zero attached hydrogens (tertiary/aromatic N) is 2. The zero-order valence-electron chi connectivity index (χ0n) is 15.6. The van der Waals surface area contributed by atoms with Gasteiger partial charge in [0.15, 0.2) is 0 Å². The van der Waals surface area contributed by atoms with Gasteiger partial charge in [0.05, 0.1) is 4.92 Å². The molecule has 0 aromatic heterocycles. The number of nitro groups is 1. The molecule has 2 amide bonds. The van der Waals surface area contributed by atoms with Crippen molar-refractivity contribution in [3.05, 3.63) is 68.8 Å². The Kier molecular flexibility index (Phi) is 4.58. The van der Waals surface area contributed by atoms with Crippen LogP contribution < -0.4 is 5.32 Å². The van der Waals surface area contributed by atoms with E-state index in [1.807, 2.05) is 23.1 Å². The van der Waals surface area contributed by atoms with Gasteiger partial charge in [0.25, 0.3) is 11.6 Å². The third-order valence-corrected chi connectivity index (χ3v) is 5.37. The Morgan fingerprint density at radius 1 is 1.14 bits per heavy atom. The summed E-state index contributed by atoms with van der Waals surface area (Å²) in [6, 6.07) is 10.1. The highest BCUT2D eigenvalue weighted by Crippen LogP contribution is 2.33. The van der Waals surface area contributed by atoms with Crippen LogP contribution in [-0.2, 0) is 17.8 Å². The van der Waals surface area contributed by atoms with Gasteiger partial charge in [-0.05, 0) is 61.6 Å². The van der Waals surface area contributed by atoms with Gasteiger partial charge in [-0.2, -0.15) is 0 Å². The number of carbonyl (C=O) groups excluding carboxylic acids is 2. The van der Waals surface area contributed by atoms with Crippen molar-refractivity contribution in [3.8, 4) is 0 Å². The van der Waals surface area contributed by atoms with Gasteiger partial charge in [-0.25, -0.2) is 0 Å². The second-order valence-corrected chi connectivity index (χ2v) is 7.48. The minimum atomic E-state index is -0.463. The number of hydrogen-bond donors (Lipinski definition) is 1. The van der Waals surface area contributed by atoms with E-state index in [-0.39, 0.29) is 23.4 Å². The summed E-state index contributed by atoms with van der Waals surface area (Å²) in [5.74, 6) is 0.121. The minimum Gasteiger partial charge on any atom is -0.338 e. The van der Waals surface area contributed by atoms with Crippen LogP contribution in [0, 0.1) is 23.0 Å². The zero-order chi connectivity index (χ0) is 19.8. The van der Waals surface area contributed by atoms with E-state index in [4.69, 9.17) is 0 Å². The predicted octanol–water partition coefficient (Wildman–Crippen LogP) is 3.45. The second kappa shape index (κ2) is 7.07. The number of anilines is 1. The van der Waals surface area contributed by atoms with Crippen LogP contribution in [0.5, 0.6) is 0 Å². The maximum absolute atomic E-state index is 12.5. The Balaban J connectivity index is 1.49. The van der Waals surface area contributed by atoms with E-state index < -0.39 is 4.92 Å². The molecule has 1 N–H and O–H groups in total. The molecule has 4 rings (SSSR count). The van der Waals surface area contributed by atoms with Crippen LogP contribution in [0.3, 0.4) is 0 Å². The molecule has 2 aromatic carbocycles. The van der Waals surface area contributed by atoms with Crippen molar-refractivity contribution in [2.45, 2.75) is 32.7 Å². The van der Waals surface area contributed by atoms with Gasteiger partial charge in [-0.1, -0.05) is 6.07 Å². The summed E-state index contributed by atoms with van der Waals surface area (Å²) in [5, 5.41) is 13.8. The first kappa shape index (κ1) is 18.2. The maximum Gasteiger partial charge on any atom is 0.272 e. The standard InChI is InChI=1S/C21H21N3O4/c1-13-10-16(5-7-19(13)24(27)28)20(25)22-18-6-4-14-8-9-23(12-17(14)11-18)21(26)15-2-3-15/h4-7,10-11,15H,2-3,8-9,12H2,1H3,(H,22,25). The fraction of sp³-hybridized carbons (Fsp3) is 0.333. The van der Waals surface area contributed by atoms with Crippen molar-refractivity contribution in [1.82, 2.24) is 4.90 Å². The summed E-state index contributed by atoms with van der Waals surface area (Å²) < 4.78 is 0. The van der Waals surface area contributed by atoms with E-state index in [0.717, 1.165) is 31.4 Å². The summed E-state index contributed by atoms with van der Waals surface area (Å²) in [6.07, 6.45) is 2.81. The van der Waals surface area contributed by atoms with Crippen molar-refractivity contribution in [2.24, 2.45) is 5.92 Å². The molecule has 0 bridgehead atoms. The molecule has 0 saturated heterocycles. The quantitative estimate of drug-likeness (QED) is 0.650. The Hall–Kier alpha value is -3.22. The number of benzene rings is 2. The first-order valence-electron chi connectivity index (χ1n) is 9.39. The molecule has 1 saturated carbocycles. The number of carbonyl (C=O) groups is 2. The van der Waals surface area contributed by atoms with Crippen molar-refractivity contribution in [3.63, 3.8) is 0 Å². The van der Waals surface area contributed by atoms with Crippen LogP contribution in [0.1, 0.15) is 39.9 Å². The Bertz CT molecular complexity index is 982. The van der Waals surface area contributed by atoms with Crippen LogP contribution in [0.25, 0.3) is 0 Å². The van der Waals surface area contributed by atoms with Gasteiger partial charge in [0.2, 0.25) is 5.91 Å². The summed E-state index contributed by atoms with van der Waals surface area (Å²) in [6.45, 7) is 2.93. The highest BCUT2D eigenvalue weighted by atomic mass is 16.6. The highest BCUT2D eigenvalue weighted by Gasteiger charge is 2.34. The third kappa shape index (κ3) is 3.60. The molecule has 0 radical (unpaired) electrons. The number of nitro benzene ring substituents is 1. The average molecular weight is 379 g/mol. The molecule has 0 spiro atoms. The monoisotopic (exact) mass is 379 g/mol. The molecule has 2 aliphatic rings. The lowest BCUT2D eigenvalue weighted by atomic mass is 9.98. The lowest BCUT2D eigenvalue weighted by Crippen LogP contribution is -2.36. The van der Waals surface area contributed by atoms with Gasteiger partial charge in [0, 0.05) is 41.9 Å². The molecule has 0 atom stereocenters. The highest BCUT2D eigenvalue weighted by molar-refractivity contribution is 6.04. The molecular weight excluding hydrogens is 358 g/mol.